The van der Waals surface area contributed by atoms with Crippen molar-refractivity contribution in [2.45, 2.75) is 32.2 Å². The van der Waals surface area contributed by atoms with E-state index >= 15 is 0 Å². The Morgan fingerprint density at radius 3 is 2.89 bits per heavy atom. The molecule has 1 fully saturated rings. The topological polar surface area (TPSA) is 78.0 Å². The Morgan fingerprint density at radius 2 is 2.26 bits per heavy atom. The molecule has 5 nitrogen and oxygen atoms in total. The molecule has 3 N–H and O–H groups in total. The van der Waals surface area contributed by atoms with Crippen LogP contribution in [0.5, 0.6) is 0 Å². The molecule has 0 radical (unpaired) electrons. The van der Waals surface area contributed by atoms with E-state index in [1.54, 1.807) is 12.3 Å². The molecule has 1 aliphatic heterocycles. The third-order valence-corrected chi connectivity index (χ3v) is 3.50. The number of nitriles is 1. The van der Waals surface area contributed by atoms with Crippen LogP contribution in [0.1, 0.15) is 31.7 Å². The Kier molecular flexibility index (Phi) is 4.58. The molecule has 2 heterocycles. The number of hydrogen-bond acceptors (Lipinski definition) is 5. The van der Waals surface area contributed by atoms with E-state index in [1.165, 1.54) is 13.0 Å². The molecule has 0 spiro atoms. The predicted molar refractivity (Wildman–Crippen MR) is 76.7 cm³/mol. The number of hydrogen-bond donors (Lipinski definition) is 2. The van der Waals surface area contributed by atoms with Crippen LogP contribution in [0.4, 0.5) is 11.5 Å². The predicted octanol–water partition coefficient (Wildman–Crippen LogP) is 1.82. The fourth-order valence-corrected chi connectivity index (χ4v) is 2.49. The van der Waals surface area contributed by atoms with Crippen LogP contribution in [0.15, 0.2) is 12.3 Å². The van der Waals surface area contributed by atoms with E-state index in [9.17, 15) is 0 Å². The smallest absolute Gasteiger partial charge is 0.144 e. The summed E-state index contributed by atoms with van der Waals surface area (Å²) in [6.07, 6.45) is 4.99. The number of pyridine rings is 1. The molecular formula is C14H21N5. The monoisotopic (exact) mass is 259 g/mol. The Labute approximate surface area is 114 Å². The first-order valence-electron chi connectivity index (χ1n) is 6.87. The van der Waals surface area contributed by atoms with Crippen molar-refractivity contribution in [3.63, 3.8) is 0 Å². The lowest BCUT2D eigenvalue weighted by molar-refractivity contribution is 0.219. The second kappa shape index (κ2) is 6.39. The highest BCUT2D eigenvalue weighted by molar-refractivity contribution is 5.57. The molecule has 1 aromatic rings. The standard InChI is InChI=1S/C14H21N5/c1-2-5-19-6-3-13(4-7-19)18-14-11(9-15)8-12(16)10-17-14/h8,10,13H,2-7,16H2,1H3,(H,17,18). The third kappa shape index (κ3) is 3.58. The zero-order valence-corrected chi connectivity index (χ0v) is 11.4. The van der Waals surface area contributed by atoms with E-state index in [-0.39, 0.29) is 0 Å². The van der Waals surface area contributed by atoms with Gasteiger partial charge in [0.05, 0.1) is 17.4 Å². The van der Waals surface area contributed by atoms with Crippen LogP contribution >= 0.6 is 0 Å². The Hall–Kier alpha value is -1.80. The fourth-order valence-electron chi connectivity index (χ4n) is 2.49. The summed E-state index contributed by atoms with van der Waals surface area (Å²) >= 11 is 0. The highest BCUT2D eigenvalue weighted by atomic mass is 15.1. The zero-order chi connectivity index (χ0) is 13.7. The fraction of sp³-hybridized carbons (Fsp3) is 0.571. The number of nitrogens with zero attached hydrogens (tertiary/aromatic N) is 3. The molecule has 0 unspecified atom stereocenters. The molecule has 102 valence electrons. The number of rotatable bonds is 4. The normalized spacial score (nSPS) is 17.1. The lowest BCUT2D eigenvalue weighted by Crippen LogP contribution is -2.39. The number of nitrogens with two attached hydrogens (primary N) is 1. The first-order valence-corrected chi connectivity index (χ1v) is 6.87. The van der Waals surface area contributed by atoms with Gasteiger partial charge in [0, 0.05) is 19.1 Å². The Morgan fingerprint density at radius 1 is 1.53 bits per heavy atom. The number of nitrogens with one attached hydrogen (secondary N) is 1. The molecule has 2 rings (SSSR count). The average molecular weight is 259 g/mol. The van der Waals surface area contributed by atoms with Gasteiger partial charge in [-0.1, -0.05) is 6.92 Å². The summed E-state index contributed by atoms with van der Waals surface area (Å²) in [5, 5.41) is 12.5. The average Bonchev–Trinajstić information content (AvgIpc) is 2.43. The molecule has 5 heteroatoms. The van der Waals surface area contributed by atoms with Crippen molar-refractivity contribution < 1.29 is 0 Å². The van der Waals surface area contributed by atoms with Gasteiger partial charge in [-0.3, -0.25) is 0 Å². The van der Waals surface area contributed by atoms with E-state index < -0.39 is 0 Å². The lowest BCUT2D eigenvalue weighted by Gasteiger charge is -2.32. The van der Waals surface area contributed by atoms with E-state index in [0.29, 0.717) is 23.1 Å². The quantitative estimate of drug-likeness (QED) is 0.862. The van der Waals surface area contributed by atoms with Crippen LogP contribution in [0.2, 0.25) is 0 Å². The van der Waals surface area contributed by atoms with Crippen molar-refractivity contribution in [3.8, 4) is 6.07 Å². The first kappa shape index (κ1) is 13.6. The second-order valence-electron chi connectivity index (χ2n) is 5.04. The Balaban J connectivity index is 1.94. The maximum Gasteiger partial charge on any atom is 0.144 e. The maximum absolute atomic E-state index is 9.09. The van der Waals surface area contributed by atoms with Gasteiger partial charge in [0.2, 0.25) is 0 Å². The molecule has 0 saturated carbocycles. The van der Waals surface area contributed by atoms with Crippen molar-refractivity contribution in [3.05, 3.63) is 17.8 Å². The van der Waals surface area contributed by atoms with Crippen molar-refractivity contribution in [1.29, 1.82) is 5.26 Å². The number of nitrogen functional groups attached to an aromatic ring is 1. The summed E-state index contributed by atoms with van der Waals surface area (Å²) in [5.41, 5.74) is 6.69. The number of likely N-dealkylation sites (tertiary alicyclic amines) is 1. The molecule has 0 bridgehead atoms. The second-order valence-corrected chi connectivity index (χ2v) is 5.04. The van der Waals surface area contributed by atoms with Crippen LogP contribution in [0.3, 0.4) is 0 Å². The van der Waals surface area contributed by atoms with Gasteiger partial charge in [0.15, 0.2) is 0 Å². The highest BCUT2D eigenvalue weighted by Gasteiger charge is 2.19. The van der Waals surface area contributed by atoms with Crippen molar-refractivity contribution in [2.24, 2.45) is 0 Å². The lowest BCUT2D eigenvalue weighted by atomic mass is 10.0. The molecule has 0 aromatic carbocycles. The molecular weight excluding hydrogens is 238 g/mol. The molecule has 0 aliphatic carbocycles. The first-order chi connectivity index (χ1) is 9.22. The summed E-state index contributed by atoms with van der Waals surface area (Å²) in [7, 11) is 0. The summed E-state index contributed by atoms with van der Waals surface area (Å²) in [5.74, 6) is 0.658. The third-order valence-electron chi connectivity index (χ3n) is 3.50. The van der Waals surface area contributed by atoms with Gasteiger partial charge in [-0.25, -0.2) is 4.98 Å². The molecule has 1 saturated heterocycles. The highest BCUT2D eigenvalue weighted by Crippen LogP contribution is 2.19. The zero-order valence-electron chi connectivity index (χ0n) is 11.4. The minimum absolute atomic E-state index is 0.399. The minimum Gasteiger partial charge on any atom is -0.397 e. The molecule has 1 aliphatic rings. The molecule has 0 amide bonds. The summed E-state index contributed by atoms with van der Waals surface area (Å²) in [6, 6.07) is 4.21. The van der Waals surface area contributed by atoms with Gasteiger partial charge in [-0.2, -0.15) is 5.26 Å². The van der Waals surface area contributed by atoms with Crippen molar-refractivity contribution in [2.75, 3.05) is 30.7 Å². The van der Waals surface area contributed by atoms with Crippen LogP contribution < -0.4 is 11.1 Å². The van der Waals surface area contributed by atoms with Crippen molar-refractivity contribution in [1.82, 2.24) is 9.88 Å². The van der Waals surface area contributed by atoms with E-state index in [4.69, 9.17) is 11.0 Å². The molecule has 19 heavy (non-hydrogen) atoms. The number of anilines is 2. The molecule has 0 atom stereocenters. The molecule has 1 aromatic heterocycles. The minimum atomic E-state index is 0.399. The van der Waals surface area contributed by atoms with E-state index in [2.05, 4.69) is 28.2 Å². The van der Waals surface area contributed by atoms with Gasteiger partial charge < -0.3 is 16.0 Å². The Bertz CT molecular complexity index is 457. The number of aromatic nitrogens is 1. The van der Waals surface area contributed by atoms with Gasteiger partial charge >= 0.3 is 0 Å². The van der Waals surface area contributed by atoms with Gasteiger partial charge in [-0.15, -0.1) is 0 Å². The van der Waals surface area contributed by atoms with Gasteiger partial charge in [0.25, 0.3) is 0 Å². The maximum atomic E-state index is 9.09. The van der Waals surface area contributed by atoms with Crippen LogP contribution in [0.25, 0.3) is 0 Å². The van der Waals surface area contributed by atoms with Crippen LogP contribution in [-0.2, 0) is 0 Å². The van der Waals surface area contributed by atoms with Gasteiger partial charge in [0.1, 0.15) is 11.9 Å². The van der Waals surface area contributed by atoms with E-state index in [0.717, 1.165) is 25.9 Å². The largest absolute Gasteiger partial charge is 0.397 e. The van der Waals surface area contributed by atoms with Gasteiger partial charge in [-0.05, 0) is 31.9 Å². The summed E-state index contributed by atoms with van der Waals surface area (Å²) < 4.78 is 0. The van der Waals surface area contributed by atoms with Crippen LogP contribution in [0, 0.1) is 11.3 Å². The van der Waals surface area contributed by atoms with Crippen LogP contribution in [-0.4, -0.2) is 35.6 Å². The summed E-state index contributed by atoms with van der Waals surface area (Å²) in [4.78, 5) is 6.71. The number of piperidine rings is 1. The van der Waals surface area contributed by atoms with Crippen molar-refractivity contribution >= 4 is 11.5 Å². The van der Waals surface area contributed by atoms with E-state index in [1.807, 2.05) is 0 Å². The SMILES string of the molecule is CCCN1CCC(Nc2ncc(N)cc2C#N)CC1. The summed E-state index contributed by atoms with van der Waals surface area (Å²) in [6.45, 7) is 5.61.